The third kappa shape index (κ3) is 5.67. The van der Waals surface area contributed by atoms with Gasteiger partial charge in [0.2, 0.25) is 0 Å². The predicted molar refractivity (Wildman–Crippen MR) is 173 cm³/mol. The van der Waals surface area contributed by atoms with E-state index in [-0.39, 0.29) is 17.4 Å². The molecule has 0 unspecified atom stereocenters. The molecule has 4 heterocycles. The molecule has 224 valence electrons. The Bertz CT molecular complexity index is 1910. The topological polar surface area (TPSA) is 150 Å². The molecule has 0 aliphatic carbocycles. The van der Waals surface area contributed by atoms with Crippen molar-refractivity contribution in [2.45, 2.75) is 25.8 Å². The summed E-state index contributed by atoms with van der Waals surface area (Å²) < 4.78 is 3.05. The Kier molecular flexibility index (Phi) is 7.90. The van der Waals surface area contributed by atoms with E-state index >= 15 is 0 Å². The average molecular weight is 610 g/mol. The van der Waals surface area contributed by atoms with Crippen molar-refractivity contribution in [3.05, 3.63) is 99.7 Å². The molecule has 0 spiro atoms. The van der Waals surface area contributed by atoms with Crippen LogP contribution in [0.2, 0.25) is 5.02 Å². The largest absolute Gasteiger partial charge is 0.382 e. The number of benzene rings is 2. The van der Waals surface area contributed by atoms with E-state index in [2.05, 4.69) is 20.2 Å². The third-order valence-electron chi connectivity index (χ3n) is 7.96. The number of anilines is 3. The molecule has 1 amide bonds. The maximum atomic E-state index is 13.3. The van der Waals surface area contributed by atoms with Crippen LogP contribution in [0.4, 0.5) is 17.3 Å². The lowest BCUT2D eigenvalue weighted by Crippen LogP contribution is -2.40. The number of carbonyl (C=O) groups is 1. The summed E-state index contributed by atoms with van der Waals surface area (Å²) in [5.74, 6) is 0.649. The molecule has 11 nitrogen and oxygen atoms in total. The van der Waals surface area contributed by atoms with Crippen LogP contribution in [0.15, 0.2) is 77.9 Å². The molecule has 12 heteroatoms. The number of aromatic nitrogens is 5. The van der Waals surface area contributed by atoms with E-state index < -0.39 is 11.5 Å². The normalized spacial score (nSPS) is 13.7. The first-order valence-electron chi connectivity index (χ1n) is 14.3. The molecular formula is C32H32ClN9O2. The molecular weight excluding hydrogens is 578 g/mol. The monoisotopic (exact) mass is 609 g/mol. The fourth-order valence-electron chi connectivity index (χ4n) is 5.40. The van der Waals surface area contributed by atoms with Gasteiger partial charge in [0.1, 0.15) is 22.9 Å². The quantitative estimate of drug-likeness (QED) is 0.256. The molecule has 0 radical (unpaired) electrons. The Morgan fingerprint density at radius 3 is 2.50 bits per heavy atom. The molecule has 0 bridgehead atoms. The van der Waals surface area contributed by atoms with Gasteiger partial charge in [-0.1, -0.05) is 29.8 Å². The van der Waals surface area contributed by atoms with Gasteiger partial charge >= 0.3 is 0 Å². The number of hydrogen-bond donors (Lipinski definition) is 3. The number of nitrogen functional groups attached to an aromatic ring is 1. The number of rotatable bonds is 6. The Morgan fingerprint density at radius 1 is 1.02 bits per heavy atom. The second-order valence-corrected chi connectivity index (χ2v) is 11.3. The van der Waals surface area contributed by atoms with Crippen LogP contribution in [0, 0.1) is 6.92 Å². The highest BCUT2D eigenvalue weighted by Gasteiger charge is 2.23. The highest BCUT2D eigenvalue weighted by molar-refractivity contribution is 6.30. The number of nitrogens with zero attached hydrogens (tertiary/aromatic N) is 6. The summed E-state index contributed by atoms with van der Waals surface area (Å²) in [6.45, 7) is 3.45. The van der Waals surface area contributed by atoms with Gasteiger partial charge in [-0.05, 0) is 62.2 Å². The Morgan fingerprint density at radius 2 is 1.77 bits per heavy atom. The lowest BCUT2D eigenvalue weighted by molar-refractivity contribution is 0.102. The van der Waals surface area contributed by atoms with E-state index in [9.17, 15) is 9.59 Å². The van der Waals surface area contributed by atoms with Crippen molar-refractivity contribution in [2.75, 3.05) is 29.0 Å². The minimum atomic E-state index is -0.512. The van der Waals surface area contributed by atoms with Gasteiger partial charge in [-0.25, -0.2) is 19.6 Å². The number of nitrogens with two attached hydrogens (primary N) is 2. The molecule has 1 aliphatic heterocycles. The number of halogens is 1. The second-order valence-electron chi connectivity index (χ2n) is 10.8. The molecule has 6 rings (SSSR count). The van der Waals surface area contributed by atoms with E-state index in [0.717, 1.165) is 42.9 Å². The van der Waals surface area contributed by atoms with Crippen LogP contribution >= 0.6 is 11.6 Å². The summed E-state index contributed by atoms with van der Waals surface area (Å²) in [4.78, 5) is 42.6. The van der Waals surface area contributed by atoms with Gasteiger partial charge in [-0.3, -0.25) is 14.3 Å². The summed E-state index contributed by atoms with van der Waals surface area (Å²) in [6.07, 6.45) is 5.28. The van der Waals surface area contributed by atoms with Crippen LogP contribution in [-0.4, -0.2) is 49.4 Å². The molecule has 0 atom stereocenters. The Labute approximate surface area is 259 Å². The number of amides is 1. The summed E-state index contributed by atoms with van der Waals surface area (Å²) in [7, 11) is 1.72. The van der Waals surface area contributed by atoms with Crippen molar-refractivity contribution in [2.24, 2.45) is 12.8 Å². The van der Waals surface area contributed by atoms with E-state index in [1.807, 2.05) is 12.1 Å². The van der Waals surface area contributed by atoms with Crippen molar-refractivity contribution in [1.29, 1.82) is 0 Å². The molecule has 2 aromatic carbocycles. The van der Waals surface area contributed by atoms with Gasteiger partial charge in [-0.15, -0.1) is 0 Å². The highest BCUT2D eigenvalue weighted by Crippen LogP contribution is 2.29. The zero-order valence-corrected chi connectivity index (χ0v) is 25.1. The van der Waals surface area contributed by atoms with E-state index in [1.165, 1.54) is 4.68 Å². The molecule has 1 fully saturated rings. The summed E-state index contributed by atoms with van der Waals surface area (Å²) >= 11 is 6.13. The van der Waals surface area contributed by atoms with Crippen molar-refractivity contribution in [3.8, 4) is 28.2 Å². The molecule has 1 aliphatic rings. The van der Waals surface area contributed by atoms with Gasteiger partial charge in [0.15, 0.2) is 0 Å². The minimum Gasteiger partial charge on any atom is -0.382 e. The molecule has 5 aromatic rings. The summed E-state index contributed by atoms with van der Waals surface area (Å²) in [5, 5.41) is 3.33. The van der Waals surface area contributed by atoms with Crippen LogP contribution in [-0.2, 0) is 7.05 Å². The first-order chi connectivity index (χ1) is 21.2. The van der Waals surface area contributed by atoms with Gasteiger partial charge in [0, 0.05) is 54.2 Å². The van der Waals surface area contributed by atoms with E-state index in [1.54, 1.807) is 79.6 Å². The van der Waals surface area contributed by atoms with Crippen LogP contribution in [0.25, 0.3) is 28.2 Å². The second kappa shape index (κ2) is 11.9. The molecule has 0 saturated carbocycles. The van der Waals surface area contributed by atoms with E-state index in [0.29, 0.717) is 33.5 Å². The number of pyridine rings is 1. The fourth-order valence-corrected chi connectivity index (χ4v) is 5.59. The third-order valence-corrected chi connectivity index (χ3v) is 8.19. The number of carbonyl (C=O) groups excluding carboxylic acids is 1. The maximum absolute atomic E-state index is 13.3. The zero-order chi connectivity index (χ0) is 31.0. The van der Waals surface area contributed by atoms with Crippen molar-refractivity contribution in [1.82, 2.24) is 24.3 Å². The fraction of sp³-hybridized carbons (Fsp3) is 0.219. The van der Waals surface area contributed by atoms with Gasteiger partial charge in [0.25, 0.3) is 11.5 Å². The summed E-state index contributed by atoms with van der Waals surface area (Å²) in [6, 6.07) is 18.1. The van der Waals surface area contributed by atoms with Crippen molar-refractivity contribution >= 4 is 34.8 Å². The standard InChI is InChI=1S/C32H32ClN9O2/c1-19-28(32(44)42(40(19)2)25-5-3-4-22(33)17-25)31(43)38-24-8-6-20(7-9-24)29-30(35)37-18-26(39-29)21-10-13-36-27(16-21)41-14-11-23(34)12-15-41/h3-10,13,16-18,23H,11-12,14-15,34H2,1-2H3,(H2,35,37)(H,38,43). The summed E-state index contributed by atoms with van der Waals surface area (Å²) in [5.41, 5.74) is 16.3. The molecule has 3 aromatic heterocycles. The molecule has 44 heavy (non-hydrogen) atoms. The van der Waals surface area contributed by atoms with Gasteiger partial charge in [-0.2, -0.15) is 0 Å². The van der Waals surface area contributed by atoms with Gasteiger partial charge in [0.05, 0.1) is 23.3 Å². The smallest absolute Gasteiger partial charge is 0.284 e. The molecule has 5 N–H and O–H groups in total. The number of hydrogen-bond acceptors (Lipinski definition) is 8. The van der Waals surface area contributed by atoms with Crippen LogP contribution in [0.3, 0.4) is 0 Å². The number of nitrogens with one attached hydrogen (secondary N) is 1. The lowest BCUT2D eigenvalue weighted by Gasteiger charge is -2.31. The average Bonchev–Trinajstić information content (AvgIpc) is 3.25. The lowest BCUT2D eigenvalue weighted by atomic mass is 10.1. The maximum Gasteiger partial charge on any atom is 0.284 e. The van der Waals surface area contributed by atoms with Gasteiger partial charge < -0.3 is 21.7 Å². The zero-order valence-electron chi connectivity index (χ0n) is 24.4. The van der Waals surface area contributed by atoms with E-state index in [4.69, 9.17) is 28.1 Å². The van der Waals surface area contributed by atoms with Crippen molar-refractivity contribution < 1.29 is 4.79 Å². The SMILES string of the molecule is Cc1c(C(=O)Nc2ccc(-c3nc(-c4ccnc(N5CCC(N)CC5)c4)cnc3N)cc2)c(=O)n(-c2cccc(Cl)c2)n1C. The molecule has 1 saturated heterocycles. The number of piperidine rings is 1. The Balaban J connectivity index is 1.22. The first kappa shape index (κ1) is 29.1. The van der Waals surface area contributed by atoms with Crippen LogP contribution in [0.1, 0.15) is 28.9 Å². The first-order valence-corrected chi connectivity index (χ1v) is 14.6. The minimum absolute atomic E-state index is 0.0449. The predicted octanol–water partition coefficient (Wildman–Crippen LogP) is 4.42. The highest BCUT2D eigenvalue weighted by atomic mass is 35.5. The van der Waals surface area contributed by atoms with Crippen LogP contribution < -0.4 is 27.2 Å². The Hall–Kier alpha value is -5.00. The van der Waals surface area contributed by atoms with Crippen LogP contribution in [0.5, 0.6) is 0 Å². The van der Waals surface area contributed by atoms with Crippen molar-refractivity contribution in [3.63, 3.8) is 0 Å².